The van der Waals surface area contributed by atoms with E-state index in [9.17, 15) is 5.11 Å². The van der Waals surface area contributed by atoms with Gasteiger partial charge in [0.25, 0.3) is 0 Å². The van der Waals surface area contributed by atoms with Gasteiger partial charge >= 0.3 is 0 Å². The number of hydrogen-bond acceptors (Lipinski definition) is 3. The van der Waals surface area contributed by atoms with Crippen LogP contribution >= 0.6 is 11.8 Å². The highest BCUT2D eigenvalue weighted by Gasteiger charge is 2.44. The molecule has 0 saturated carbocycles. The molecule has 2 atom stereocenters. The number of hydrogen-bond donors (Lipinski definition) is 1. The fourth-order valence-electron chi connectivity index (χ4n) is 4.17. The maximum Gasteiger partial charge on any atom is 0.135 e. The number of furan rings is 1. The first-order chi connectivity index (χ1) is 10.7. The minimum absolute atomic E-state index is 0.626. The Bertz CT molecular complexity index is 854. The largest absolute Gasteiger partial charge is 0.456 e. The van der Waals surface area contributed by atoms with Crippen molar-refractivity contribution in [3.05, 3.63) is 48.0 Å². The molecule has 2 nitrogen and oxygen atoms in total. The second-order valence-corrected chi connectivity index (χ2v) is 8.31. The zero-order chi connectivity index (χ0) is 14.7. The van der Waals surface area contributed by atoms with E-state index >= 15 is 0 Å². The van der Waals surface area contributed by atoms with E-state index in [4.69, 9.17) is 4.42 Å². The van der Waals surface area contributed by atoms with E-state index in [0.29, 0.717) is 10.5 Å². The lowest BCUT2D eigenvalue weighted by Crippen LogP contribution is -2.34. The molecule has 2 aromatic carbocycles. The van der Waals surface area contributed by atoms with Crippen LogP contribution in [0.25, 0.3) is 21.9 Å². The number of aliphatic hydroxyl groups is 1. The van der Waals surface area contributed by atoms with Crippen LogP contribution in [0.2, 0.25) is 0 Å². The lowest BCUT2D eigenvalue weighted by atomic mass is 9.85. The van der Waals surface area contributed by atoms with E-state index in [-0.39, 0.29) is 0 Å². The Morgan fingerprint density at radius 1 is 0.955 bits per heavy atom. The summed E-state index contributed by atoms with van der Waals surface area (Å²) < 4.78 is 5.90. The molecule has 2 aliphatic heterocycles. The quantitative estimate of drug-likeness (QED) is 0.699. The summed E-state index contributed by atoms with van der Waals surface area (Å²) in [5.41, 5.74) is 2.22. The minimum atomic E-state index is -0.663. The number of benzene rings is 2. The summed E-state index contributed by atoms with van der Waals surface area (Å²) in [7, 11) is 0. The van der Waals surface area contributed by atoms with Gasteiger partial charge in [0.1, 0.15) is 11.2 Å². The molecule has 3 heteroatoms. The number of thioether (sulfide) groups is 1. The summed E-state index contributed by atoms with van der Waals surface area (Å²) in [6.07, 6.45) is 4.29. The van der Waals surface area contributed by atoms with Gasteiger partial charge in [0.05, 0.1) is 5.60 Å². The molecule has 2 aliphatic rings. The maximum absolute atomic E-state index is 11.2. The summed E-state index contributed by atoms with van der Waals surface area (Å²) in [6.45, 7) is 0. The van der Waals surface area contributed by atoms with Crippen LogP contribution in [0, 0.1) is 0 Å². The van der Waals surface area contributed by atoms with E-state index in [2.05, 4.69) is 30.0 Å². The van der Waals surface area contributed by atoms with Gasteiger partial charge < -0.3 is 9.52 Å². The highest BCUT2D eigenvalue weighted by Crippen LogP contribution is 2.51. The van der Waals surface area contributed by atoms with E-state index < -0.39 is 5.60 Å². The average molecular weight is 310 g/mol. The van der Waals surface area contributed by atoms with Gasteiger partial charge in [0.2, 0.25) is 0 Å². The van der Waals surface area contributed by atoms with Crippen molar-refractivity contribution in [1.29, 1.82) is 0 Å². The zero-order valence-electron chi connectivity index (χ0n) is 12.3. The van der Waals surface area contributed by atoms with Crippen LogP contribution in [0.15, 0.2) is 46.9 Å². The smallest absolute Gasteiger partial charge is 0.135 e. The third-order valence-electron chi connectivity index (χ3n) is 5.24. The average Bonchev–Trinajstić information content (AvgIpc) is 3.07. The Labute approximate surface area is 133 Å². The molecule has 2 saturated heterocycles. The van der Waals surface area contributed by atoms with Gasteiger partial charge in [-0.3, -0.25) is 0 Å². The molecular weight excluding hydrogens is 292 g/mol. The van der Waals surface area contributed by atoms with Crippen LogP contribution in [0.5, 0.6) is 0 Å². The van der Waals surface area contributed by atoms with Gasteiger partial charge in [-0.15, -0.1) is 0 Å². The molecule has 3 aromatic rings. The molecule has 1 aromatic heterocycles. The van der Waals surface area contributed by atoms with E-state index in [1.54, 1.807) is 0 Å². The molecule has 22 heavy (non-hydrogen) atoms. The summed E-state index contributed by atoms with van der Waals surface area (Å²) in [5, 5.41) is 14.8. The van der Waals surface area contributed by atoms with Crippen molar-refractivity contribution < 1.29 is 9.52 Å². The van der Waals surface area contributed by atoms with Crippen molar-refractivity contribution in [3.63, 3.8) is 0 Å². The third kappa shape index (κ3) is 1.85. The molecule has 1 N–H and O–H groups in total. The lowest BCUT2D eigenvalue weighted by molar-refractivity contribution is 0.0198. The van der Waals surface area contributed by atoms with Gasteiger partial charge in [-0.1, -0.05) is 24.3 Å². The van der Waals surface area contributed by atoms with Crippen LogP contribution < -0.4 is 0 Å². The molecule has 3 heterocycles. The topological polar surface area (TPSA) is 33.4 Å². The maximum atomic E-state index is 11.2. The molecule has 2 bridgehead atoms. The highest BCUT2D eigenvalue weighted by molar-refractivity contribution is 8.00. The SMILES string of the molecule is OC1(c2ccc3oc4ccccc4c3c2)CC2CCC(C1)S2. The Morgan fingerprint density at radius 2 is 1.68 bits per heavy atom. The first-order valence-corrected chi connectivity index (χ1v) is 8.95. The van der Waals surface area contributed by atoms with Gasteiger partial charge in [-0.25, -0.2) is 0 Å². The van der Waals surface area contributed by atoms with Crippen molar-refractivity contribution in [1.82, 2.24) is 0 Å². The van der Waals surface area contributed by atoms with Crippen molar-refractivity contribution in [3.8, 4) is 0 Å². The van der Waals surface area contributed by atoms with Crippen LogP contribution in [0.1, 0.15) is 31.2 Å². The first kappa shape index (κ1) is 13.0. The predicted molar refractivity (Wildman–Crippen MR) is 91.3 cm³/mol. The standard InChI is InChI=1S/C19H18O2S/c20-19(10-13-6-7-14(11-19)22-13)12-5-8-18-16(9-12)15-3-1-2-4-17(15)21-18/h1-5,8-9,13-14,20H,6-7,10-11H2. The molecule has 2 fully saturated rings. The highest BCUT2D eigenvalue weighted by atomic mass is 32.2. The predicted octanol–water partition coefficient (Wildman–Crippen LogP) is 4.83. The minimum Gasteiger partial charge on any atom is -0.456 e. The molecule has 0 spiro atoms. The monoisotopic (exact) mass is 310 g/mol. The fraction of sp³-hybridized carbons (Fsp3) is 0.368. The Hall–Kier alpha value is -1.45. The van der Waals surface area contributed by atoms with Crippen molar-refractivity contribution in [2.45, 2.75) is 41.8 Å². The molecular formula is C19H18O2S. The number of fused-ring (bicyclic) bond motifs is 5. The molecule has 5 rings (SSSR count). The Balaban J connectivity index is 1.67. The van der Waals surface area contributed by atoms with E-state index in [1.807, 2.05) is 24.3 Å². The van der Waals surface area contributed by atoms with Crippen molar-refractivity contribution >= 4 is 33.7 Å². The second-order valence-electron chi connectivity index (χ2n) is 6.71. The fourth-order valence-corrected chi connectivity index (χ4v) is 6.00. The van der Waals surface area contributed by atoms with Crippen LogP contribution in [-0.4, -0.2) is 15.6 Å². The molecule has 112 valence electrons. The third-order valence-corrected chi connectivity index (χ3v) is 6.81. The number of para-hydroxylation sites is 1. The Kier molecular flexibility index (Phi) is 2.68. The summed E-state index contributed by atoms with van der Waals surface area (Å²) in [5.74, 6) is 0. The normalized spacial score (nSPS) is 31.1. The number of rotatable bonds is 1. The van der Waals surface area contributed by atoms with E-state index in [0.717, 1.165) is 40.3 Å². The molecule has 0 amide bonds. The molecule has 0 aliphatic carbocycles. The lowest BCUT2D eigenvalue weighted by Gasteiger charge is -2.36. The molecule has 2 unspecified atom stereocenters. The van der Waals surface area contributed by atoms with Crippen molar-refractivity contribution in [2.75, 3.05) is 0 Å². The Morgan fingerprint density at radius 3 is 2.50 bits per heavy atom. The summed E-state index contributed by atoms with van der Waals surface area (Å²) >= 11 is 2.08. The van der Waals surface area contributed by atoms with Gasteiger partial charge in [-0.05, 0) is 49.4 Å². The second kappa shape index (κ2) is 4.53. The van der Waals surface area contributed by atoms with Crippen LogP contribution in [0.4, 0.5) is 0 Å². The summed E-state index contributed by atoms with van der Waals surface area (Å²) in [4.78, 5) is 0. The van der Waals surface area contributed by atoms with Gasteiger partial charge in [0.15, 0.2) is 0 Å². The van der Waals surface area contributed by atoms with E-state index in [1.165, 1.54) is 12.8 Å². The van der Waals surface area contributed by atoms with Crippen LogP contribution in [-0.2, 0) is 5.60 Å². The van der Waals surface area contributed by atoms with Crippen molar-refractivity contribution in [2.24, 2.45) is 0 Å². The van der Waals surface area contributed by atoms with Crippen LogP contribution in [0.3, 0.4) is 0 Å². The first-order valence-electron chi connectivity index (χ1n) is 8.01. The van der Waals surface area contributed by atoms with Gasteiger partial charge in [-0.2, -0.15) is 11.8 Å². The van der Waals surface area contributed by atoms with Gasteiger partial charge in [0, 0.05) is 21.3 Å². The zero-order valence-corrected chi connectivity index (χ0v) is 13.1. The molecule has 0 radical (unpaired) electrons. The summed E-state index contributed by atoms with van der Waals surface area (Å²) in [6, 6.07) is 14.4.